The van der Waals surface area contributed by atoms with E-state index in [2.05, 4.69) is 45.5 Å². The monoisotopic (exact) mass is 299 g/mol. The molecule has 0 unspecified atom stereocenters. The lowest BCUT2D eigenvalue weighted by Crippen LogP contribution is -2.53. The summed E-state index contributed by atoms with van der Waals surface area (Å²) in [5.74, 6) is 0. The van der Waals surface area contributed by atoms with E-state index in [9.17, 15) is 5.26 Å². The first-order valence-electron chi connectivity index (χ1n) is 7.44. The summed E-state index contributed by atoms with van der Waals surface area (Å²) in [5, 5.41) is 12.9. The Hall–Kier alpha value is -1.41. The number of nitrogens with zero attached hydrogens (tertiary/aromatic N) is 3. The minimum atomic E-state index is -0.346. The average molecular weight is 299 g/mol. The quantitative estimate of drug-likeness (QED) is 0.871. The Bertz CT molecular complexity index is 660. The zero-order chi connectivity index (χ0) is 14.9. The highest BCUT2D eigenvalue weighted by atomic mass is 32.1. The van der Waals surface area contributed by atoms with E-state index >= 15 is 0 Å². The van der Waals surface area contributed by atoms with E-state index in [1.54, 1.807) is 0 Å². The van der Waals surface area contributed by atoms with Crippen LogP contribution in [-0.4, -0.2) is 41.5 Å². The number of hydrogen-bond acceptors (Lipinski definition) is 4. The maximum atomic E-state index is 9.23. The van der Waals surface area contributed by atoms with E-state index in [0.29, 0.717) is 0 Å². The Morgan fingerprint density at radius 1 is 1.19 bits per heavy atom. The molecule has 4 heteroatoms. The fraction of sp³-hybridized carbons (Fsp3) is 0.471. The smallest absolute Gasteiger partial charge is 0.103 e. The summed E-state index contributed by atoms with van der Waals surface area (Å²) in [6.45, 7) is 9.06. The van der Waals surface area contributed by atoms with E-state index in [-0.39, 0.29) is 5.54 Å². The topological polar surface area (TPSA) is 30.3 Å². The van der Waals surface area contributed by atoms with Crippen LogP contribution in [0, 0.1) is 11.3 Å². The first kappa shape index (κ1) is 14.5. The molecular weight excluding hydrogens is 278 g/mol. The molecule has 1 aliphatic heterocycles. The predicted molar refractivity (Wildman–Crippen MR) is 88.4 cm³/mol. The fourth-order valence-corrected chi connectivity index (χ4v) is 3.89. The van der Waals surface area contributed by atoms with Crippen LogP contribution in [0.4, 0.5) is 0 Å². The maximum Gasteiger partial charge on any atom is 0.103 e. The van der Waals surface area contributed by atoms with Crippen molar-refractivity contribution in [2.75, 3.05) is 26.2 Å². The second kappa shape index (κ2) is 5.76. The van der Waals surface area contributed by atoms with Crippen LogP contribution in [0.3, 0.4) is 0 Å². The van der Waals surface area contributed by atoms with E-state index < -0.39 is 0 Å². The van der Waals surface area contributed by atoms with Gasteiger partial charge in [0.2, 0.25) is 0 Å². The Morgan fingerprint density at radius 3 is 2.62 bits per heavy atom. The van der Waals surface area contributed by atoms with Crippen LogP contribution in [0.15, 0.2) is 29.6 Å². The minimum Gasteiger partial charge on any atom is -0.296 e. The Balaban J connectivity index is 1.65. The van der Waals surface area contributed by atoms with E-state index in [1.165, 1.54) is 15.6 Å². The van der Waals surface area contributed by atoms with Crippen molar-refractivity contribution in [3.8, 4) is 6.07 Å². The molecule has 0 bridgehead atoms. The largest absolute Gasteiger partial charge is 0.296 e. The zero-order valence-electron chi connectivity index (χ0n) is 12.7. The van der Waals surface area contributed by atoms with Crippen molar-refractivity contribution in [2.24, 2.45) is 0 Å². The summed E-state index contributed by atoms with van der Waals surface area (Å²) in [4.78, 5) is 4.79. The van der Waals surface area contributed by atoms with Gasteiger partial charge in [0.15, 0.2) is 0 Å². The normalized spacial score (nSPS) is 18.0. The first-order valence-corrected chi connectivity index (χ1v) is 8.32. The van der Waals surface area contributed by atoms with Crippen molar-refractivity contribution in [2.45, 2.75) is 25.9 Å². The predicted octanol–water partition coefficient (Wildman–Crippen LogP) is 3.32. The van der Waals surface area contributed by atoms with Gasteiger partial charge in [-0.05, 0) is 36.2 Å². The van der Waals surface area contributed by atoms with Crippen LogP contribution in [0.5, 0.6) is 0 Å². The van der Waals surface area contributed by atoms with Gasteiger partial charge in [0.05, 0.1) is 6.07 Å². The Kier molecular flexibility index (Phi) is 3.99. The van der Waals surface area contributed by atoms with Crippen molar-refractivity contribution in [1.82, 2.24) is 9.80 Å². The third-order valence-corrected chi connectivity index (χ3v) is 5.40. The molecule has 1 fully saturated rings. The first-order chi connectivity index (χ1) is 10.1. The highest BCUT2D eigenvalue weighted by Crippen LogP contribution is 2.27. The molecule has 0 radical (unpaired) electrons. The molecule has 3 rings (SSSR count). The van der Waals surface area contributed by atoms with Gasteiger partial charge >= 0.3 is 0 Å². The third-order valence-electron chi connectivity index (χ3n) is 4.39. The van der Waals surface area contributed by atoms with Crippen molar-refractivity contribution >= 4 is 21.4 Å². The minimum absolute atomic E-state index is 0.346. The molecule has 1 aliphatic rings. The van der Waals surface area contributed by atoms with Crippen molar-refractivity contribution in [3.63, 3.8) is 0 Å². The van der Waals surface area contributed by atoms with Crippen LogP contribution in [0.2, 0.25) is 0 Å². The molecule has 0 spiro atoms. The number of rotatable bonds is 3. The second-order valence-electron chi connectivity index (χ2n) is 6.19. The summed E-state index contributed by atoms with van der Waals surface area (Å²) in [6.07, 6.45) is 0. The lowest BCUT2D eigenvalue weighted by molar-refractivity contribution is 0.0766. The summed E-state index contributed by atoms with van der Waals surface area (Å²) in [7, 11) is 0. The molecule has 110 valence electrons. The van der Waals surface area contributed by atoms with Crippen molar-refractivity contribution < 1.29 is 0 Å². The van der Waals surface area contributed by atoms with E-state index in [0.717, 1.165) is 32.7 Å². The van der Waals surface area contributed by atoms with Gasteiger partial charge in [-0.2, -0.15) is 5.26 Å². The van der Waals surface area contributed by atoms with Gasteiger partial charge in [-0.25, -0.2) is 0 Å². The molecule has 21 heavy (non-hydrogen) atoms. The van der Waals surface area contributed by atoms with Crippen molar-refractivity contribution in [3.05, 3.63) is 35.2 Å². The molecule has 0 N–H and O–H groups in total. The lowest BCUT2D eigenvalue weighted by atomic mass is 10.0. The number of nitriles is 1. The van der Waals surface area contributed by atoms with Gasteiger partial charge in [0.1, 0.15) is 5.54 Å². The summed E-state index contributed by atoms with van der Waals surface area (Å²) >= 11 is 1.83. The standard InChI is InChI=1S/C17H21N3S/c1-17(2,13-18)20-9-7-19(8-10-20)11-14-12-21-16-6-4-3-5-15(14)16/h3-6,12H,7-11H2,1-2H3. The van der Waals surface area contributed by atoms with Crippen LogP contribution >= 0.6 is 11.3 Å². The molecule has 2 aromatic rings. The van der Waals surface area contributed by atoms with Crippen LogP contribution < -0.4 is 0 Å². The van der Waals surface area contributed by atoms with Crippen molar-refractivity contribution in [1.29, 1.82) is 5.26 Å². The molecule has 1 saturated heterocycles. The summed E-state index contributed by atoms with van der Waals surface area (Å²) in [5.41, 5.74) is 1.09. The number of hydrogen-bond donors (Lipinski definition) is 0. The zero-order valence-corrected chi connectivity index (χ0v) is 13.5. The number of piperazine rings is 1. The van der Waals surface area contributed by atoms with Gasteiger partial charge in [-0.3, -0.25) is 9.80 Å². The fourth-order valence-electron chi connectivity index (χ4n) is 2.93. The molecular formula is C17H21N3S. The van der Waals surface area contributed by atoms with E-state index in [1.807, 2.05) is 25.2 Å². The summed E-state index contributed by atoms with van der Waals surface area (Å²) in [6, 6.07) is 11.0. The van der Waals surface area contributed by atoms with Crippen LogP contribution in [0.25, 0.3) is 10.1 Å². The van der Waals surface area contributed by atoms with Gasteiger partial charge in [-0.15, -0.1) is 11.3 Å². The van der Waals surface area contributed by atoms with Gasteiger partial charge in [0.25, 0.3) is 0 Å². The van der Waals surface area contributed by atoms with Crippen LogP contribution in [0.1, 0.15) is 19.4 Å². The number of thiophene rings is 1. The third kappa shape index (κ3) is 2.96. The van der Waals surface area contributed by atoms with Gasteiger partial charge < -0.3 is 0 Å². The molecule has 1 aromatic heterocycles. The average Bonchev–Trinajstić information content (AvgIpc) is 2.91. The molecule has 0 saturated carbocycles. The van der Waals surface area contributed by atoms with E-state index in [4.69, 9.17) is 0 Å². The maximum absolute atomic E-state index is 9.23. The second-order valence-corrected chi connectivity index (χ2v) is 7.10. The SMILES string of the molecule is CC(C)(C#N)N1CCN(Cc2csc3ccccc23)CC1. The van der Waals surface area contributed by atoms with Crippen LogP contribution in [-0.2, 0) is 6.54 Å². The molecule has 1 aromatic carbocycles. The Morgan fingerprint density at radius 2 is 1.90 bits per heavy atom. The molecule has 0 atom stereocenters. The molecule has 2 heterocycles. The molecule has 0 amide bonds. The Labute approximate surface area is 130 Å². The highest BCUT2D eigenvalue weighted by Gasteiger charge is 2.29. The lowest BCUT2D eigenvalue weighted by Gasteiger charge is -2.40. The number of fused-ring (bicyclic) bond motifs is 1. The number of benzene rings is 1. The molecule has 0 aliphatic carbocycles. The van der Waals surface area contributed by atoms with Gasteiger partial charge in [-0.1, -0.05) is 18.2 Å². The highest BCUT2D eigenvalue weighted by molar-refractivity contribution is 7.17. The summed E-state index contributed by atoms with van der Waals surface area (Å²) < 4.78 is 1.37. The molecule has 3 nitrogen and oxygen atoms in total. The van der Waals surface area contributed by atoms with Gasteiger partial charge in [0, 0.05) is 37.4 Å².